The van der Waals surface area contributed by atoms with Crippen LogP contribution in [-0.4, -0.2) is 30.2 Å². The number of piperidine rings is 1. The van der Waals surface area contributed by atoms with E-state index in [0.717, 1.165) is 19.4 Å². The van der Waals surface area contributed by atoms with Crippen LogP contribution in [0.15, 0.2) is 0 Å². The highest BCUT2D eigenvalue weighted by atomic mass is 79.9. The maximum absolute atomic E-state index is 12.1. The van der Waals surface area contributed by atoms with Gasteiger partial charge in [-0.05, 0) is 44.9 Å². The molecule has 0 aromatic carbocycles. The van der Waals surface area contributed by atoms with Gasteiger partial charge < -0.3 is 4.90 Å². The van der Waals surface area contributed by atoms with Gasteiger partial charge in [-0.25, -0.2) is 0 Å². The van der Waals surface area contributed by atoms with Crippen LogP contribution in [0.25, 0.3) is 0 Å². The number of nitrogens with one attached hydrogen (secondary N) is 1. The van der Waals surface area contributed by atoms with E-state index in [1.807, 2.05) is 0 Å². The van der Waals surface area contributed by atoms with E-state index in [1.54, 1.807) is 0 Å². The van der Waals surface area contributed by atoms with Crippen LogP contribution in [0.1, 0.15) is 44.9 Å². The van der Waals surface area contributed by atoms with E-state index in [9.17, 15) is 4.79 Å². The predicted octanol–water partition coefficient (Wildman–Crippen LogP) is 1.58. The molecule has 2 nitrogen and oxygen atoms in total. The highest BCUT2D eigenvalue weighted by molar-refractivity contribution is 9.09. The summed E-state index contributed by atoms with van der Waals surface area (Å²) in [7, 11) is 0. The molecule has 2 aliphatic rings. The number of Topliss-reactive ketones (excluding diaryl/α,β-unsaturated/α-hetero) is 1. The van der Waals surface area contributed by atoms with Crippen molar-refractivity contribution >= 4 is 21.7 Å². The first-order valence-electron chi connectivity index (χ1n) is 6.76. The average molecular weight is 289 g/mol. The van der Waals surface area contributed by atoms with Gasteiger partial charge in [0.05, 0.1) is 13.1 Å². The van der Waals surface area contributed by atoms with Crippen LogP contribution in [-0.2, 0) is 4.79 Å². The molecule has 1 aliphatic carbocycles. The zero-order valence-corrected chi connectivity index (χ0v) is 11.6. The molecule has 0 spiro atoms. The third-order valence-corrected chi connectivity index (χ3v) is 5.01. The molecule has 3 heteroatoms. The van der Waals surface area contributed by atoms with E-state index < -0.39 is 0 Å². The normalized spacial score (nSPS) is 32.6. The third kappa shape index (κ3) is 3.56. The monoisotopic (exact) mass is 288 g/mol. The minimum Gasteiger partial charge on any atom is -0.329 e. The highest BCUT2D eigenvalue weighted by Crippen LogP contribution is 2.28. The third-order valence-electron chi connectivity index (χ3n) is 4.10. The van der Waals surface area contributed by atoms with Gasteiger partial charge in [-0.1, -0.05) is 15.9 Å². The van der Waals surface area contributed by atoms with Gasteiger partial charge in [-0.15, -0.1) is 0 Å². The highest BCUT2D eigenvalue weighted by Gasteiger charge is 2.28. The van der Waals surface area contributed by atoms with Gasteiger partial charge in [0.15, 0.2) is 5.78 Å². The number of hydrogen-bond acceptors (Lipinski definition) is 1. The van der Waals surface area contributed by atoms with Crippen LogP contribution in [0.4, 0.5) is 0 Å². The van der Waals surface area contributed by atoms with Crippen molar-refractivity contribution in [2.75, 3.05) is 19.6 Å². The van der Waals surface area contributed by atoms with Crippen molar-refractivity contribution in [1.29, 1.82) is 0 Å². The Morgan fingerprint density at radius 1 is 1.06 bits per heavy atom. The number of quaternary nitrogens is 1. The van der Waals surface area contributed by atoms with Crippen molar-refractivity contribution in [3.8, 4) is 0 Å². The number of carbonyl (C=O) groups is 1. The molecule has 2 rings (SSSR count). The Bertz CT molecular complexity index is 230. The molecule has 1 heterocycles. The predicted molar refractivity (Wildman–Crippen MR) is 69.1 cm³/mol. The van der Waals surface area contributed by atoms with Crippen LogP contribution in [0.5, 0.6) is 0 Å². The summed E-state index contributed by atoms with van der Waals surface area (Å²) >= 11 is 3.65. The Kier molecular flexibility index (Phi) is 4.83. The zero-order chi connectivity index (χ0) is 11.4. The van der Waals surface area contributed by atoms with E-state index in [2.05, 4.69) is 15.9 Å². The Hall–Kier alpha value is 0.110. The van der Waals surface area contributed by atoms with Crippen molar-refractivity contribution < 1.29 is 9.69 Å². The molecular weight excluding hydrogens is 266 g/mol. The zero-order valence-electron chi connectivity index (χ0n) is 10.0. The first-order valence-corrected chi connectivity index (χ1v) is 7.67. The van der Waals surface area contributed by atoms with Gasteiger partial charge in [-0.3, -0.25) is 4.79 Å². The van der Waals surface area contributed by atoms with Crippen LogP contribution < -0.4 is 4.90 Å². The number of likely N-dealkylation sites (tertiary alicyclic amines) is 1. The molecule has 0 amide bonds. The lowest BCUT2D eigenvalue weighted by Crippen LogP contribution is -3.13. The summed E-state index contributed by atoms with van der Waals surface area (Å²) in [5.41, 5.74) is 0. The largest absolute Gasteiger partial charge is 0.329 e. The lowest BCUT2D eigenvalue weighted by molar-refractivity contribution is -0.896. The van der Waals surface area contributed by atoms with Gasteiger partial charge in [0.25, 0.3) is 0 Å². The van der Waals surface area contributed by atoms with Crippen molar-refractivity contribution in [2.24, 2.45) is 5.92 Å². The molecule has 1 saturated heterocycles. The van der Waals surface area contributed by atoms with Crippen LogP contribution in [0, 0.1) is 5.92 Å². The molecule has 0 unspecified atom stereocenters. The van der Waals surface area contributed by atoms with Crippen molar-refractivity contribution in [3.63, 3.8) is 0 Å². The number of ketones is 1. The molecule has 1 saturated carbocycles. The molecule has 16 heavy (non-hydrogen) atoms. The van der Waals surface area contributed by atoms with Gasteiger partial charge in [0.2, 0.25) is 0 Å². The molecule has 0 atom stereocenters. The van der Waals surface area contributed by atoms with Crippen LogP contribution in [0.2, 0.25) is 0 Å². The first-order chi connectivity index (χ1) is 7.75. The second kappa shape index (κ2) is 6.15. The van der Waals surface area contributed by atoms with Gasteiger partial charge in [-0.2, -0.15) is 0 Å². The molecule has 0 bridgehead atoms. The maximum atomic E-state index is 12.1. The van der Waals surface area contributed by atoms with Gasteiger partial charge >= 0.3 is 0 Å². The maximum Gasteiger partial charge on any atom is 0.189 e. The Balaban J connectivity index is 1.74. The Labute approximate surface area is 107 Å². The van der Waals surface area contributed by atoms with Gasteiger partial charge in [0, 0.05) is 10.7 Å². The average Bonchev–Trinajstić information content (AvgIpc) is 2.31. The lowest BCUT2D eigenvalue weighted by atomic mass is 9.86. The summed E-state index contributed by atoms with van der Waals surface area (Å²) in [6, 6.07) is 0. The SMILES string of the molecule is O=C(C[NH+]1CCCCC1)C1CCC(Br)CC1. The van der Waals surface area contributed by atoms with Crippen molar-refractivity contribution in [2.45, 2.75) is 49.8 Å². The Morgan fingerprint density at radius 2 is 1.69 bits per heavy atom. The van der Waals surface area contributed by atoms with Gasteiger partial charge in [0.1, 0.15) is 6.54 Å². The number of halogens is 1. The van der Waals surface area contributed by atoms with E-state index in [1.165, 1.54) is 50.1 Å². The molecular formula is C13H23BrNO+. The van der Waals surface area contributed by atoms with E-state index in [4.69, 9.17) is 0 Å². The fourth-order valence-electron chi connectivity index (χ4n) is 2.99. The van der Waals surface area contributed by atoms with E-state index in [-0.39, 0.29) is 0 Å². The number of carbonyl (C=O) groups excluding carboxylic acids is 1. The quantitative estimate of drug-likeness (QED) is 0.783. The number of alkyl halides is 1. The molecule has 1 N–H and O–H groups in total. The van der Waals surface area contributed by atoms with E-state index in [0.29, 0.717) is 16.5 Å². The van der Waals surface area contributed by atoms with E-state index >= 15 is 0 Å². The second-order valence-corrected chi connectivity index (χ2v) is 6.70. The summed E-state index contributed by atoms with van der Waals surface area (Å²) in [5, 5.41) is 0. The smallest absolute Gasteiger partial charge is 0.189 e. The fourth-order valence-corrected chi connectivity index (χ4v) is 3.52. The first kappa shape index (κ1) is 12.6. The number of hydrogen-bond donors (Lipinski definition) is 1. The minimum atomic E-state index is 0.378. The van der Waals surface area contributed by atoms with Crippen LogP contribution in [0.3, 0.4) is 0 Å². The summed E-state index contributed by atoms with van der Waals surface area (Å²) in [6.45, 7) is 3.25. The fraction of sp³-hybridized carbons (Fsp3) is 0.923. The molecule has 0 aromatic heterocycles. The molecule has 0 aromatic rings. The number of rotatable bonds is 3. The molecule has 2 fully saturated rings. The lowest BCUT2D eigenvalue weighted by Gasteiger charge is -2.27. The summed E-state index contributed by atoms with van der Waals surface area (Å²) < 4.78 is 0. The van der Waals surface area contributed by atoms with Crippen molar-refractivity contribution in [1.82, 2.24) is 0 Å². The van der Waals surface area contributed by atoms with Crippen molar-refractivity contribution in [3.05, 3.63) is 0 Å². The molecule has 0 radical (unpaired) electrons. The molecule has 92 valence electrons. The minimum absolute atomic E-state index is 0.378. The Morgan fingerprint density at radius 3 is 2.31 bits per heavy atom. The summed E-state index contributed by atoms with van der Waals surface area (Å²) in [5.74, 6) is 0.916. The summed E-state index contributed by atoms with van der Waals surface area (Å²) in [6.07, 6.45) is 8.60. The van der Waals surface area contributed by atoms with Crippen LogP contribution >= 0.6 is 15.9 Å². The summed E-state index contributed by atoms with van der Waals surface area (Å²) in [4.78, 5) is 14.3. The molecule has 1 aliphatic heterocycles. The second-order valence-electron chi connectivity index (χ2n) is 5.40. The topological polar surface area (TPSA) is 21.5 Å². The standard InChI is InChI=1S/C13H22BrNO/c14-12-6-4-11(5-7-12)13(16)10-15-8-2-1-3-9-15/h11-12H,1-10H2/p+1.